The Morgan fingerprint density at radius 1 is 1.33 bits per heavy atom. The van der Waals surface area contributed by atoms with E-state index < -0.39 is 0 Å². The van der Waals surface area contributed by atoms with Crippen molar-refractivity contribution in [1.82, 2.24) is 9.97 Å². The molecule has 0 aromatic carbocycles. The van der Waals surface area contributed by atoms with Crippen molar-refractivity contribution in [3.8, 4) is 0 Å². The number of aromatic amines is 2. The molecule has 0 amide bonds. The minimum atomic E-state index is -0.0968. The predicted molar refractivity (Wildman–Crippen MR) is 49.3 cm³/mol. The molecule has 0 saturated heterocycles. The Bertz CT molecular complexity index is 261. The van der Waals surface area contributed by atoms with Crippen LogP contribution in [0.1, 0.15) is 38.3 Å². The van der Waals surface area contributed by atoms with Gasteiger partial charge in [0.05, 0.1) is 0 Å². The molecule has 1 aromatic rings. The van der Waals surface area contributed by atoms with Crippen LogP contribution >= 0.6 is 0 Å². The quantitative estimate of drug-likeness (QED) is 0.647. The van der Waals surface area contributed by atoms with Crippen molar-refractivity contribution in [2.75, 3.05) is 0 Å². The monoisotopic (exact) mass is 168 g/mol. The first kappa shape index (κ1) is 9.10. The minimum absolute atomic E-state index is 0.0968. The van der Waals surface area contributed by atoms with Gasteiger partial charge in [-0.05, 0) is 12.8 Å². The van der Waals surface area contributed by atoms with Gasteiger partial charge in [-0.25, -0.2) is 4.79 Å². The van der Waals surface area contributed by atoms with Gasteiger partial charge < -0.3 is 9.97 Å². The van der Waals surface area contributed by atoms with Crippen LogP contribution in [0.15, 0.2) is 11.0 Å². The summed E-state index contributed by atoms with van der Waals surface area (Å²) in [7, 11) is 0. The zero-order valence-electron chi connectivity index (χ0n) is 7.52. The number of rotatable bonds is 5. The topological polar surface area (TPSA) is 48.6 Å². The number of hydrogen-bond acceptors (Lipinski definition) is 1. The molecule has 0 aliphatic carbocycles. The number of unbranched alkanes of at least 4 members (excludes halogenated alkanes) is 3. The molecule has 0 aliphatic rings. The third-order valence-electron chi connectivity index (χ3n) is 1.95. The van der Waals surface area contributed by atoms with Gasteiger partial charge in [0, 0.05) is 11.9 Å². The van der Waals surface area contributed by atoms with Gasteiger partial charge in [-0.3, -0.25) is 0 Å². The summed E-state index contributed by atoms with van der Waals surface area (Å²) in [5.74, 6) is 0. The summed E-state index contributed by atoms with van der Waals surface area (Å²) >= 11 is 0. The Morgan fingerprint density at radius 3 is 2.75 bits per heavy atom. The number of H-pyrrole nitrogens is 2. The molecule has 0 atom stereocenters. The van der Waals surface area contributed by atoms with E-state index in [1.165, 1.54) is 25.7 Å². The molecule has 0 fully saturated rings. The maximum absolute atomic E-state index is 10.7. The van der Waals surface area contributed by atoms with Crippen LogP contribution in [-0.4, -0.2) is 9.97 Å². The van der Waals surface area contributed by atoms with Gasteiger partial charge >= 0.3 is 5.69 Å². The van der Waals surface area contributed by atoms with Crippen molar-refractivity contribution in [2.24, 2.45) is 0 Å². The maximum Gasteiger partial charge on any atom is 0.323 e. The van der Waals surface area contributed by atoms with E-state index in [9.17, 15) is 4.79 Å². The van der Waals surface area contributed by atoms with Gasteiger partial charge in [0.1, 0.15) is 0 Å². The first-order valence-corrected chi connectivity index (χ1v) is 4.59. The van der Waals surface area contributed by atoms with Crippen LogP contribution in [0.3, 0.4) is 0 Å². The van der Waals surface area contributed by atoms with Gasteiger partial charge in [0.15, 0.2) is 0 Å². The van der Waals surface area contributed by atoms with Crippen LogP contribution in [0.4, 0.5) is 0 Å². The van der Waals surface area contributed by atoms with E-state index in [0.717, 1.165) is 12.1 Å². The van der Waals surface area contributed by atoms with Gasteiger partial charge in [-0.2, -0.15) is 0 Å². The fourth-order valence-electron chi connectivity index (χ4n) is 1.25. The SMILES string of the molecule is CCCCCCc1c[nH]c(=O)[nH]1. The molecular weight excluding hydrogens is 152 g/mol. The predicted octanol–water partition coefficient (Wildman–Crippen LogP) is 1.83. The third kappa shape index (κ3) is 2.95. The number of hydrogen-bond donors (Lipinski definition) is 2. The normalized spacial score (nSPS) is 10.4. The minimum Gasteiger partial charge on any atom is -0.313 e. The van der Waals surface area contributed by atoms with Crippen molar-refractivity contribution in [3.05, 3.63) is 22.4 Å². The molecule has 1 rings (SSSR count). The molecule has 0 spiro atoms. The molecule has 0 bridgehead atoms. The largest absolute Gasteiger partial charge is 0.323 e. The highest BCUT2D eigenvalue weighted by Gasteiger charge is 1.94. The molecule has 68 valence electrons. The van der Waals surface area contributed by atoms with Crippen molar-refractivity contribution >= 4 is 0 Å². The van der Waals surface area contributed by atoms with E-state index >= 15 is 0 Å². The Balaban J connectivity index is 2.20. The Hall–Kier alpha value is -0.990. The lowest BCUT2D eigenvalue weighted by Gasteiger charge is -1.95. The standard InChI is InChI=1S/C9H16N2O/c1-2-3-4-5-6-8-7-10-9(12)11-8/h7H,2-6H2,1H3,(H2,10,11,12). The molecule has 1 heterocycles. The molecule has 0 aliphatic heterocycles. The molecule has 3 heteroatoms. The second-order valence-corrected chi connectivity index (χ2v) is 3.08. The summed E-state index contributed by atoms with van der Waals surface area (Å²) in [5, 5.41) is 0. The van der Waals surface area contributed by atoms with E-state index in [4.69, 9.17) is 0 Å². The summed E-state index contributed by atoms with van der Waals surface area (Å²) in [6, 6.07) is 0. The average molecular weight is 168 g/mol. The summed E-state index contributed by atoms with van der Waals surface area (Å²) < 4.78 is 0. The lowest BCUT2D eigenvalue weighted by atomic mass is 10.1. The Kier molecular flexibility index (Phi) is 3.64. The van der Waals surface area contributed by atoms with E-state index in [1.54, 1.807) is 6.20 Å². The van der Waals surface area contributed by atoms with Crippen molar-refractivity contribution in [3.63, 3.8) is 0 Å². The van der Waals surface area contributed by atoms with E-state index in [-0.39, 0.29) is 5.69 Å². The summed E-state index contributed by atoms with van der Waals surface area (Å²) in [6.45, 7) is 2.19. The molecule has 12 heavy (non-hydrogen) atoms. The Morgan fingerprint density at radius 2 is 2.17 bits per heavy atom. The van der Waals surface area contributed by atoms with Crippen LogP contribution in [0.25, 0.3) is 0 Å². The molecule has 1 aromatic heterocycles. The van der Waals surface area contributed by atoms with Crippen LogP contribution < -0.4 is 5.69 Å². The zero-order chi connectivity index (χ0) is 8.81. The smallest absolute Gasteiger partial charge is 0.313 e. The van der Waals surface area contributed by atoms with Gasteiger partial charge in [0.2, 0.25) is 0 Å². The molecule has 3 nitrogen and oxygen atoms in total. The fraction of sp³-hybridized carbons (Fsp3) is 0.667. The van der Waals surface area contributed by atoms with Gasteiger partial charge in [-0.1, -0.05) is 26.2 Å². The third-order valence-corrected chi connectivity index (χ3v) is 1.95. The fourth-order valence-corrected chi connectivity index (χ4v) is 1.25. The van der Waals surface area contributed by atoms with Crippen molar-refractivity contribution in [2.45, 2.75) is 39.0 Å². The highest BCUT2D eigenvalue weighted by molar-refractivity contribution is 4.93. The van der Waals surface area contributed by atoms with E-state index in [1.807, 2.05) is 0 Å². The molecule has 2 N–H and O–H groups in total. The first-order chi connectivity index (χ1) is 5.83. The summed E-state index contributed by atoms with van der Waals surface area (Å²) in [5.41, 5.74) is 0.927. The second kappa shape index (κ2) is 4.80. The van der Waals surface area contributed by atoms with Crippen LogP contribution in [0.2, 0.25) is 0 Å². The lowest BCUT2D eigenvalue weighted by Crippen LogP contribution is -2.01. The van der Waals surface area contributed by atoms with E-state index in [0.29, 0.717) is 0 Å². The van der Waals surface area contributed by atoms with Crippen molar-refractivity contribution < 1.29 is 0 Å². The maximum atomic E-state index is 10.7. The van der Waals surface area contributed by atoms with Gasteiger partial charge in [0.25, 0.3) is 0 Å². The first-order valence-electron chi connectivity index (χ1n) is 4.59. The number of aryl methyl sites for hydroxylation is 1. The Labute approximate surface area is 72.2 Å². The van der Waals surface area contributed by atoms with Crippen LogP contribution in [0, 0.1) is 0 Å². The molecule has 0 saturated carbocycles. The highest BCUT2D eigenvalue weighted by Crippen LogP contribution is 2.03. The van der Waals surface area contributed by atoms with Crippen molar-refractivity contribution in [1.29, 1.82) is 0 Å². The summed E-state index contributed by atoms with van der Waals surface area (Å²) in [4.78, 5) is 16.0. The van der Waals surface area contributed by atoms with Gasteiger partial charge in [-0.15, -0.1) is 0 Å². The second-order valence-electron chi connectivity index (χ2n) is 3.08. The lowest BCUT2D eigenvalue weighted by molar-refractivity contribution is 0.661. The molecular formula is C9H16N2O. The zero-order valence-corrected chi connectivity index (χ0v) is 7.52. The van der Waals surface area contributed by atoms with Crippen LogP contribution in [-0.2, 0) is 6.42 Å². The number of nitrogens with one attached hydrogen (secondary N) is 2. The van der Waals surface area contributed by atoms with E-state index in [2.05, 4.69) is 16.9 Å². The summed E-state index contributed by atoms with van der Waals surface area (Å²) in [6.07, 6.45) is 7.71. The molecule has 0 radical (unpaired) electrons. The number of aromatic nitrogens is 2. The van der Waals surface area contributed by atoms with Crippen LogP contribution in [0.5, 0.6) is 0 Å². The highest BCUT2D eigenvalue weighted by atomic mass is 16.1. The number of imidazole rings is 1. The average Bonchev–Trinajstić information content (AvgIpc) is 2.45. The molecule has 0 unspecified atom stereocenters.